The van der Waals surface area contributed by atoms with E-state index in [1.165, 1.54) is 19.9 Å². The van der Waals surface area contributed by atoms with E-state index in [0.717, 1.165) is 0 Å². The van der Waals surface area contributed by atoms with Crippen LogP contribution >= 0.6 is 17.0 Å². The van der Waals surface area contributed by atoms with Crippen LogP contribution in [0.15, 0.2) is 109 Å². The SMILES string of the molecule is CC(C)(C)c1cc[cH-]c1.CC(C)(C)c1cc[cH-]c1.[Cl][Zr]([Cl])=[Ge]([c]1ccccc1)[c]1ccccc1. The van der Waals surface area contributed by atoms with Crippen LogP contribution in [0.2, 0.25) is 0 Å². The molecule has 4 heteroatoms. The molecule has 0 heterocycles. The molecule has 0 fully saturated rings. The van der Waals surface area contributed by atoms with Gasteiger partial charge in [0.05, 0.1) is 0 Å². The third-order valence-corrected chi connectivity index (χ3v) is 33.8. The van der Waals surface area contributed by atoms with Crippen LogP contribution in [0.5, 0.6) is 0 Å². The van der Waals surface area contributed by atoms with Crippen molar-refractivity contribution < 1.29 is 16.2 Å². The van der Waals surface area contributed by atoms with Crippen molar-refractivity contribution in [3.05, 3.63) is 120 Å². The molecule has 0 nitrogen and oxygen atoms in total. The average molecular weight is 631 g/mol. The molecule has 0 amide bonds. The van der Waals surface area contributed by atoms with Crippen molar-refractivity contribution in [1.82, 2.24) is 0 Å². The van der Waals surface area contributed by atoms with Crippen LogP contribution in [-0.2, 0) is 27.1 Å². The van der Waals surface area contributed by atoms with Gasteiger partial charge in [-0.25, -0.2) is 12.1 Å². The van der Waals surface area contributed by atoms with E-state index in [4.69, 9.17) is 17.0 Å². The van der Waals surface area contributed by atoms with Crippen molar-refractivity contribution in [3.8, 4) is 0 Å². The first-order valence-corrected chi connectivity index (χ1v) is 27.5. The average Bonchev–Trinajstić information content (AvgIpc) is 3.50. The molecule has 0 spiro atoms. The van der Waals surface area contributed by atoms with Gasteiger partial charge in [0.25, 0.3) is 0 Å². The van der Waals surface area contributed by atoms with Crippen LogP contribution in [-0.4, -0.2) is 9.98 Å². The topological polar surface area (TPSA) is 0 Å². The normalized spacial score (nSPS) is 10.9. The molecule has 0 aromatic heterocycles. The van der Waals surface area contributed by atoms with Crippen molar-refractivity contribution >= 4 is 35.8 Å². The summed E-state index contributed by atoms with van der Waals surface area (Å²) in [7, 11) is 11.1. The summed E-state index contributed by atoms with van der Waals surface area (Å²) in [5, 5.41) is 0. The monoisotopic (exact) mass is 630 g/mol. The Morgan fingerprint density at radius 1 is 0.588 bits per heavy atom. The van der Waals surface area contributed by atoms with Gasteiger partial charge in [0.15, 0.2) is 0 Å². The van der Waals surface area contributed by atoms with Gasteiger partial charge in [-0.05, 0) is 0 Å². The molecule has 4 rings (SSSR count). The summed E-state index contributed by atoms with van der Waals surface area (Å²) < 4.78 is 2.79. The number of halogens is 2. The Labute approximate surface area is 222 Å². The quantitative estimate of drug-likeness (QED) is 0.155. The summed E-state index contributed by atoms with van der Waals surface area (Å²) in [5.41, 5.74) is 3.48. The fourth-order valence-electron chi connectivity index (χ4n) is 3.34. The Morgan fingerprint density at radius 2 is 0.941 bits per heavy atom. The van der Waals surface area contributed by atoms with E-state index >= 15 is 0 Å². The molecule has 0 saturated heterocycles. The molecule has 0 radical (unpaired) electrons. The van der Waals surface area contributed by atoms with E-state index in [9.17, 15) is 0 Å². The summed E-state index contributed by atoms with van der Waals surface area (Å²) >= 11 is -2.19. The fraction of sp³-hybridized carbons (Fsp3) is 0.267. The molecule has 0 unspecified atom stereocenters. The van der Waals surface area contributed by atoms with Crippen molar-refractivity contribution in [1.29, 1.82) is 0 Å². The molecule has 0 saturated carbocycles. The first-order valence-electron chi connectivity index (χ1n) is 11.6. The molecular weight excluding hydrogens is 595 g/mol. The Hall–Kier alpha value is -0.854. The molecule has 0 aliphatic carbocycles. The third-order valence-electron chi connectivity index (χ3n) is 5.37. The van der Waals surface area contributed by atoms with Crippen molar-refractivity contribution in [2.75, 3.05) is 0 Å². The Kier molecular flexibility index (Phi) is 12.1. The van der Waals surface area contributed by atoms with Crippen LogP contribution in [0.25, 0.3) is 0 Å². The molecule has 0 aliphatic heterocycles. The zero-order valence-corrected chi connectivity index (χ0v) is 27.2. The summed E-state index contributed by atoms with van der Waals surface area (Å²) in [5.74, 6) is 0. The van der Waals surface area contributed by atoms with Gasteiger partial charge in [-0.15, -0.1) is 0 Å². The van der Waals surface area contributed by atoms with Crippen LogP contribution in [0.4, 0.5) is 0 Å². The molecule has 0 aliphatic rings. The standard InChI is InChI=1S/C12H10Ge.2C9H13.2ClH.Zr/c1-3-7-11(8-4-1)13-12-9-5-2-6-10-12;2*1-9(2,3)8-6-4-5-7-8;;;/h1-10H;2*4-7H,1-3H3;2*1H;/q;2*-1;;;+2/p-2. The first-order chi connectivity index (χ1) is 16.0. The number of benzene rings is 2. The second-order valence-electron chi connectivity index (χ2n) is 10.2. The number of hydrogen-bond acceptors (Lipinski definition) is 0. The summed E-state index contributed by atoms with van der Waals surface area (Å²) in [6.07, 6.45) is 0. The van der Waals surface area contributed by atoms with Gasteiger partial charge >= 0.3 is 113 Å². The predicted molar refractivity (Wildman–Crippen MR) is 151 cm³/mol. The maximum atomic E-state index is 6.35. The molecule has 4 aromatic rings. The molecule has 0 bridgehead atoms. The van der Waals surface area contributed by atoms with Crippen LogP contribution in [0.3, 0.4) is 0 Å². The minimum absolute atomic E-state index is 0.323. The second-order valence-corrected chi connectivity index (χ2v) is 41.6. The van der Waals surface area contributed by atoms with E-state index < -0.39 is 26.2 Å². The second kappa shape index (κ2) is 14.0. The van der Waals surface area contributed by atoms with Gasteiger partial charge in [-0.1, -0.05) is 52.4 Å². The molecule has 4 aromatic carbocycles. The van der Waals surface area contributed by atoms with Gasteiger partial charge in [-0.2, -0.15) is 47.5 Å². The predicted octanol–water partition coefficient (Wildman–Crippen LogP) is 8.12. The maximum absolute atomic E-state index is 6.35. The van der Waals surface area contributed by atoms with E-state index in [2.05, 4.69) is 139 Å². The van der Waals surface area contributed by atoms with Gasteiger partial charge in [0.1, 0.15) is 0 Å². The number of rotatable bonds is 2. The van der Waals surface area contributed by atoms with Crippen molar-refractivity contribution in [3.63, 3.8) is 0 Å². The fourth-order valence-corrected chi connectivity index (χ4v) is 30.4. The van der Waals surface area contributed by atoms with E-state index in [0.29, 0.717) is 10.8 Å². The summed E-state index contributed by atoms with van der Waals surface area (Å²) in [6, 6.07) is 38.1. The minimum atomic E-state index is -2.19. The van der Waals surface area contributed by atoms with Crippen molar-refractivity contribution in [2.45, 2.75) is 52.4 Å². The van der Waals surface area contributed by atoms with Gasteiger partial charge in [0, 0.05) is 0 Å². The van der Waals surface area contributed by atoms with E-state index in [-0.39, 0.29) is 0 Å². The summed E-state index contributed by atoms with van der Waals surface area (Å²) in [4.78, 5) is 0. The van der Waals surface area contributed by atoms with Crippen LogP contribution in [0.1, 0.15) is 52.7 Å². The van der Waals surface area contributed by atoms with E-state index in [1.54, 1.807) is 0 Å². The molecule has 34 heavy (non-hydrogen) atoms. The Morgan fingerprint density at radius 3 is 1.15 bits per heavy atom. The number of hydrogen-bond donors (Lipinski definition) is 0. The zero-order chi connectivity index (χ0) is 25.2. The van der Waals surface area contributed by atoms with Gasteiger partial charge < -0.3 is 0 Å². The van der Waals surface area contributed by atoms with E-state index in [1.807, 2.05) is 12.1 Å². The molecule has 0 atom stereocenters. The summed E-state index contributed by atoms with van der Waals surface area (Å²) in [6.45, 7) is 13.3. The Bertz CT molecular complexity index is 1010. The molecular formula is C30H36Cl2GeZr-2. The Balaban J connectivity index is 0.000000194. The van der Waals surface area contributed by atoms with Crippen LogP contribution in [0, 0.1) is 0 Å². The first kappa shape index (κ1) is 29.4. The van der Waals surface area contributed by atoms with Crippen molar-refractivity contribution in [2.24, 2.45) is 0 Å². The van der Waals surface area contributed by atoms with Crippen LogP contribution < -0.4 is 8.79 Å². The van der Waals surface area contributed by atoms with Gasteiger partial charge in [-0.3, -0.25) is 0 Å². The molecule has 180 valence electrons. The zero-order valence-electron chi connectivity index (χ0n) is 21.1. The molecule has 0 N–H and O–H groups in total. The third kappa shape index (κ3) is 10.0. The van der Waals surface area contributed by atoms with Gasteiger partial charge in [0.2, 0.25) is 0 Å².